The number of nitrogens with two attached hydrogens (primary N) is 1. The SMILES string of the molecule is Cc1cc(S(=O)(=O)N2CC(N)CCC2C(F)(F)F)ccc1F. The van der Waals surface area contributed by atoms with Gasteiger partial charge in [0.25, 0.3) is 0 Å². The Morgan fingerprint density at radius 2 is 1.91 bits per heavy atom. The first-order chi connectivity index (χ1) is 10.0. The van der Waals surface area contributed by atoms with Crippen LogP contribution in [0.3, 0.4) is 0 Å². The van der Waals surface area contributed by atoms with Gasteiger partial charge in [-0.3, -0.25) is 0 Å². The van der Waals surface area contributed by atoms with Gasteiger partial charge in [-0.25, -0.2) is 12.8 Å². The van der Waals surface area contributed by atoms with Crippen LogP contribution in [0.4, 0.5) is 17.6 Å². The van der Waals surface area contributed by atoms with E-state index in [-0.39, 0.29) is 23.3 Å². The first-order valence-electron chi connectivity index (χ1n) is 6.64. The molecule has 0 bridgehead atoms. The first kappa shape index (κ1) is 17.2. The van der Waals surface area contributed by atoms with Gasteiger partial charge >= 0.3 is 6.18 Å². The number of rotatable bonds is 2. The van der Waals surface area contributed by atoms with Crippen LogP contribution in [0.25, 0.3) is 0 Å². The maximum atomic E-state index is 13.2. The summed E-state index contributed by atoms with van der Waals surface area (Å²) in [7, 11) is -4.40. The van der Waals surface area contributed by atoms with Crippen molar-refractivity contribution in [3.05, 3.63) is 29.6 Å². The van der Waals surface area contributed by atoms with Gasteiger partial charge < -0.3 is 5.73 Å². The molecule has 1 fully saturated rings. The maximum Gasteiger partial charge on any atom is 0.405 e. The molecule has 2 N–H and O–H groups in total. The molecule has 1 heterocycles. The van der Waals surface area contributed by atoms with E-state index in [1.165, 1.54) is 6.92 Å². The van der Waals surface area contributed by atoms with Gasteiger partial charge in [-0.15, -0.1) is 0 Å². The van der Waals surface area contributed by atoms with Crippen molar-refractivity contribution in [3.8, 4) is 0 Å². The monoisotopic (exact) mass is 340 g/mol. The van der Waals surface area contributed by atoms with Crippen LogP contribution in [0.2, 0.25) is 0 Å². The van der Waals surface area contributed by atoms with Gasteiger partial charge in [0.05, 0.1) is 4.90 Å². The van der Waals surface area contributed by atoms with Crippen LogP contribution < -0.4 is 5.73 Å². The van der Waals surface area contributed by atoms with Crippen LogP contribution in [-0.4, -0.2) is 37.5 Å². The molecule has 1 saturated heterocycles. The van der Waals surface area contributed by atoms with Crippen LogP contribution in [0.15, 0.2) is 23.1 Å². The first-order valence-corrected chi connectivity index (χ1v) is 8.08. The van der Waals surface area contributed by atoms with Gasteiger partial charge in [0.1, 0.15) is 11.9 Å². The van der Waals surface area contributed by atoms with Crippen LogP contribution >= 0.6 is 0 Å². The number of hydrogen-bond acceptors (Lipinski definition) is 3. The molecule has 0 radical (unpaired) electrons. The quantitative estimate of drug-likeness (QED) is 0.840. The largest absolute Gasteiger partial charge is 0.405 e. The molecule has 0 amide bonds. The van der Waals surface area contributed by atoms with Gasteiger partial charge in [-0.1, -0.05) is 0 Å². The molecule has 1 aromatic rings. The van der Waals surface area contributed by atoms with Crippen molar-refractivity contribution in [2.75, 3.05) is 6.54 Å². The zero-order valence-corrected chi connectivity index (χ0v) is 12.6. The summed E-state index contributed by atoms with van der Waals surface area (Å²) < 4.78 is 77.9. The highest BCUT2D eigenvalue weighted by atomic mass is 32.2. The highest BCUT2D eigenvalue weighted by molar-refractivity contribution is 7.89. The fourth-order valence-corrected chi connectivity index (χ4v) is 4.26. The zero-order valence-electron chi connectivity index (χ0n) is 11.8. The maximum absolute atomic E-state index is 13.2. The Labute approximate surface area is 126 Å². The van der Waals surface area contributed by atoms with Crippen molar-refractivity contribution < 1.29 is 26.0 Å². The fraction of sp³-hybridized carbons (Fsp3) is 0.538. The predicted molar refractivity (Wildman–Crippen MR) is 72.1 cm³/mol. The highest BCUT2D eigenvalue weighted by Crippen LogP contribution is 2.35. The van der Waals surface area contributed by atoms with E-state index < -0.39 is 40.6 Å². The van der Waals surface area contributed by atoms with Crippen molar-refractivity contribution in [1.29, 1.82) is 0 Å². The molecule has 2 rings (SSSR count). The van der Waals surface area contributed by atoms with E-state index in [0.717, 1.165) is 18.2 Å². The third kappa shape index (κ3) is 3.26. The van der Waals surface area contributed by atoms with E-state index in [2.05, 4.69) is 0 Å². The third-order valence-electron chi connectivity index (χ3n) is 3.69. The molecular weight excluding hydrogens is 324 g/mol. The van der Waals surface area contributed by atoms with Crippen LogP contribution in [0.5, 0.6) is 0 Å². The summed E-state index contributed by atoms with van der Waals surface area (Å²) in [5, 5.41) is 0. The third-order valence-corrected chi connectivity index (χ3v) is 5.56. The summed E-state index contributed by atoms with van der Waals surface area (Å²) >= 11 is 0. The van der Waals surface area contributed by atoms with E-state index in [4.69, 9.17) is 5.73 Å². The minimum atomic E-state index is -4.68. The fourth-order valence-electron chi connectivity index (χ4n) is 2.47. The number of alkyl halides is 3. The number of aryl methyl sites for hydroxylation is 1. The summed E-state index contributed by atoms with van der Waals surface area (Å²) in [4.78, 5) is -0.366. The van der Waals surface area contributed by atoms with E-state index in [9.17, 15) is 26.0 Å². The van der Waals surface area contributed by atoms with Crippen molar-refractivity contribution in [1.82, 2.24) is 4.31 Å². The molecule has 0 aliphatic carbocycles. The van der Waals surface area contributed by atoms with Crippen molar-refractivity contribution >= 4 is 10.0 Å². The second kappa shape index (κ2) is 5.78. The standard InChI is InChI=1S/C13H16F4N2O2S/c1-8-6-10(3-4-11(8)14)22(20,21)19-7-9(18)2-5-12(19)13(15,16)17/h3-4,6,9,12H,2,5,7,18H2,1H3. The molecule has 22 heavy (non-hydrogen) atoms. The number of sulfonamides is 1. The van der Waals surface area contributed by atoms with Gasteiger partial charge in [-0.2, -0.15) is 17.5 Å². The van der Waals surface area contributed by atoms with Crippen LogP contribution in [0.1, 0.15) is 18.4 Å². The lowest BCUT2D eigenvalue weighted by molar-refractivity contribution is -0.178. The summed E-state index contributed by atoms with van der Waals surface area (Å²) in [6, 6.07) is 0.149. The molecule has 2 unspecified atom stereocenters. The molecule has 2 atom stereocenters. The van der Waals surface area contributed by atoms with Crippen molar-refractivity contribution in [2.24, 2.45) is 5.73 Å². The number of nitrogens with zero attached hydrogens (tertiary/aromatic N) is 1. The lowest BCUT2D eigenvalue weighted by Gasteiger charge is -2.38. The molecule has 9 heteroatoms. The second-order valence-electron chi connectivity index (χ2n) is 5.38. The van der Waals surface area contributed by atoms with Gasteiger partial charge in [0.2, 0.25) is 10.0 Å². The van der Waals surface area contributed by atoms with Gasteiger partial charge in [0.15, 0.2) is 0 Å². The highest BCUT2D eigenvalue weighted by Gasteiger charge is 2.50. The summed E-state index contributed by atoms with van der Waals surface area (Å²) in [6.45, 7) is 0.931. The van der Waals surface area contributed by atoms with Gasteiger partial charge in [0, 0.05) is 12.6 Å². The number of hydrogen-bond donors (Lipinski definition) is 1. The zero-order chi connectivity index (χ0) is 16.7. The average molecular weight is 340 g/mol. The lowest BCUT2D eigenvalue weighted by atomic mass is 10.0. The Kier molecular flexibility index (Phi) is 4.51. The van der Waals surface area contributed by atoms with E-state index >= 15 is 0 Å². The molecule has 0 spiro atoms. The summed E-state index contributed by atoms with van der Waals surface area (Å²) in [5.41, 5.74) is 5.67. The smallest absolute Gasteiger partial charge is 0.327 e. The van der Waals surface area contributed by atoms with Crippen LogP contribution in [-0.2, 0) is 10.0 Å². The minimum absolute atomic E-state index is 0.0472. The molecule has 124 valence electrons. The Hall–Kier alpha value is -1.19. The Morgan fingerprint density at radius 3 is 2.45 bits per heavy atom. The molecule has 0 aromatic heterocycles. The van der Waals surface area contributed by atoms with E-state index in [1.807, 2.05) is 0 Å². The van der Waals surface area contributed by atoms with Crippen molar-refractivity contribution in [2.45, 2.75) is 42.9 Å². The molecular formula is C13H16F4N2O2S. The topological polar surface area (TPSA) is 63.4 Å². The van der Waals surface area contributed by atoms with Gasteiger partial charge in [-0.05, 0) is 43.5 Å². The van der Waals surface area contributed by atoms with E-state index in [0.29, 0.717) is 4.31 Å². The normalized spacial score (nSPS) is 24.5. The average Bonchev–Trinajstić information content (AvgIpc) is 2.40. The Morgan fingerprint density at radius 1 is 1.27 bits per heavy atom. The number of benzene rings is 1. The molecule has 1 aromatic carbocycles. The summed E-state index contributed by atoms with van der Waals surface area (Å²) in [6.07, 6.45) is -4.97. The summed E-state index contributed by atoms with van der Waals surface area (Å²) in [5.74, 6) is -0.623. The molecule has 4 nitrogen and oxygen atoms in total. The predicted octanol–water partition coefficient (Wildman–Crippen LogP) is 2.18. The molecule has 0 saturated carbocycles. The minimum Gasteiger partial charge on any atom is -0.327 e. The van der Waals surface area contributed by atoms with Crippen LogP contribution in [0, 0.1) is 12.7 Å². The van der Waals surface area contributed by atoms with E-state index in [1.54, 1.807) is 0 Å². The Balaban J connectivity index is 2.46. The van der Waals surface area contributed by atoms with Crippen molar-refractivity contribution in [3.63, 3.8) is 0 Å². The second-order valence-corrected chi connectivity index (χ2v) is 7.27. The Bertz CT molecular complexity index is 660. The number of piperidine rings is 1. The molecule has 1 aliphatic heterocycles. The number of halogens is 4. The molecule has 1 aliphatic rings. The lowest BCUT2D eigenvalue weighted by Crippen LogP contribution is -2.56.